The molecule has 0 aliphatic rings. The molecular weight excluding hydrogens is 422 g/mol. The lowest BCUT2D eigenvalue weighted by Gasteiger charge is -2.18. The minimum atomic E-state index is 0.479. The quantitative estimate of drug-likeness (QED) is 0.162. The smallest absolute Gasteiger partial charge is 0.186 e. The maximum absolute atomic E-state index is 5.06. The molecule has 0 unspecified atom stereocenters. The maximum Gasteiger partial charge on any atom is 0.186 e. The number of rotatable bonds is 6. The van der Waals surface area contributed by atoms with Crippen LogP contribution < -0.4 is 10.7 Å². The van der Waals surface area contributed by atoms with Crippen molar-refractivity contribution in [1.29, 1.82) is 0 Å². The van der Waals surface area contributed by atoms with Crippen LogP contribution in [-0.4, -0.2) is 18.4 Å². The predicted molar refractivity (Wildman–Crippen MR) is 143 cm³/mol. The van der Waals surface area contributed by atoms with E-state index >= 15 is 0 Å². The van der Waals surface area contributed by atoms with Crippen LogP contribution in [0.2, 0.25) is 0 Å². The molecule has 0 amide bonds. The molecule has 4 heteroatoms. The van der Waals surface area contributed by atoms with Gasteiger partial charge in [-0.2, -0.15) is 5.10 Å². The molecule has 2 N–H and O–H groups in total. The lowest BCUT2D eigenvalue weighted by atomic mass is 9.85. The molecule has 0 aromatic heterocycles. The van der Waals surface area contributed by atoms with Crippen molar-refractivity contribution in [1.82, 2.24) is 10.7 Å². The first-order valence-corrected chi connectivity index (χ1v) is 11.2. The van der Waals surface area contributed by atoms with Gasteiger partial charge >= 0.3 is 0 Å². The highest BCUT2D eigenvalue weighted by Gasteiger charge is 2.15. The first-order valence-electron chi connectivity index (χ1n) is 10.8. The van der Waals surface area contributed by atoms with Gasteiger partial charge in [-0.3, -0.25) is 5.43 Å². The SMILES string of the molecule is CNC(=S)N/N=C/c1ccc(C(=C(c2ccccc2)c2ccccc2)c2ccccc2)cc1. The molecule has 0 saturated heterocycles. The first kappa shape index (κ1) is 22.2. The molecule has 162 valence electrons. The Morgan fingerprint density at radius 1 is 0.606 bits per heavy atom. The average molecular weight is 448 g/mol. The fourth-order valence-corrected chi connectivity index (χ4v) is 3.74. The van der Waals surface area contributed by atoms with E-state index in [9.17, 15) is 0 Å². The van der Waals surface area contributed by atoms with Gasteiger partial charge in [-0.05, 0) is 51.2 Å². The summed E-state index contributed by atoms with van der Waals surface area (Å²) in [6, 6.07) is 40.1. The molecule has 0 heterocycles. The van der Waals surface area contributed by atoms with Crippen LogP contribution in [-0.2, 0) is 0 Å². The van der Waals surface area contributed by atoms with Gasteiger partial charge in [-0.15, -0.1) is 0 Å². The summed E-state index contributed by atoms with van der Waals surface area (Å²) in [5.41, 5.74) is 10.8. The summed E-state index contributed by atoms with van der Waals surface area (Å²) in [6.07, 6.45) is 1.76. The summed E-state index contributed by atoms with van der Waals surface area (Å²) in [6.45, 7) is 0. The molecule has 0 bridgehead atoms. The molecule has 0 fully saturated rings. The van der Waals surface area contributed by atoms with Gasteiger partial charge in [0.25, 0.3) is 0 Å². The molecule has 0 aliphatic carbocycles. The number of hydrazone groups is 1. The van der Waals surface area contributed by atoms with E-state index in [0.717, 1.165) is 11.1 Å². The summed E-state index contributed by atoms with van der Waals surface area (Å²) in [5.74, 6) is 0. The summed E-state index contributed by atoms with van der Waals surface area (Å²) >= 11 is 5.06. The van der Waals surface area contributed by atoms with Crippen molar-refractivity contribution in [3.05, 3.63) is 143 Å². The van der Waals surface area contributed by atoms with Crippen LogP contribution in [0.3, 0.4) is 0 Å². The van der Waals surface area contributed by atoms with Gasteiger partial charge < -0.3 is 5.32 Å². The van der Waals surface area contributed by atoms with Crippen molar-refractivity contribution in [2.24, 2.45) is 5.10 Å². The van der Waals surface area contributed by atoms with E-state index in [-0.39, 0.29) is 0 Å². The normalized spacial score (nSPS) is 10.6. The van der Waals surface area contributed by atoms with E-state index in [0.29, 0.717) is 5.11 Å². The molecule has 0 saturated carbocycles. The van der Waals surface area contributed by atoms with E-state index in [4.69, 9.17) is 12.2 Å². The van der Waals surface area contributed by atoms with E-state index in [2.05, 4.69) is 125 Å². The minimum absolute atomic E-state index is 0.479. The Morgan fingerprint density at radius 3 is 1.39 bits per heavy atom. The second kappa shape index (κ2) is 11.0. The van der Waals surface area contributed by atoms with Gasteiger partial charge in [0.05, 0.1) is 6.21 Å². The number of nitrogens with zero attached hydrogens (tertiary/aromatic N) is 1. The van der Waals surface area contributed by atoms with Gasteiger partial charge in [-0.1, -0.05) is 115 Å². The summed E-state index contributed by atoms with van der Waals surface area (Å²) in [5, 5.41) is 7.50. The topological polar surface area (TPSA) is 36.4 Å². The molecule has 0 atom stereocenters. The highest BCUT2D eigenvalue weighted by atomic mass is 32.1. The van der Waals surface area contributed by atoms with Crippen LogP contribution in [0.5, 0.6) is 0 Å². The molecule has 33 heavy (non-hydrogen) atoms. The van der Waals surface area contributed by atoms with E-state index in [1.165, 1.54) is 27.8 Å². The third-order valence-corrected chi connectivity index (χ3v) is 5.54. The van der Waals surface area contributed by atoms with Gasteiger partial charge in [0, 0.05) is 7.05 Å². The highest BCUT2D eigenvalue weighted by molar-refractivity contribution is 7.80. The molecule has 4 aromatic carbocycles. The second-order valence-corrected chi connectivity index (χ2v) is 7.83. The van der Waals surface area contributed by atoms with Crippen molar-refractivity contribution in [3.63, 3.8) is 0 Å². The number of benzene rings is 4. The van der Waals surface area contributed by atoms with Crippen molar-refractivity contribution in [2.75, 3.05) is 7.05 Å². The Labute approximate surface area is 200 Å². The first-order chi connectivity index (χ1) is 16.3. The van der Waals surface area contributed by atoms with Crippen LogP contribution >= 0.6 is 12.2 Å². The Bertz CT molecular complexity index is 1210. The van der Waals surface area contributed by atoms with Gasteiger partial charge in [-0.25, -0.2) is 0 Å². The zero-order valence-electron chi connectivity index (χ0n) is 18.4. The largest absolute Gasteiger partial charge is 0.364 e. The van der Waals surface area contributed by atoms with Crippen LogP contribution in [0.15, 0.2) is 120 Å². The minimum Gasteiger partial charge on any atom is -0.364 e. The third-order valence-electron chi connectivity index (χ3n) is 5.24. The van der Waals surface area contributed by atoms with Crippen molar-refractivity contribution < 1.29 is 0 Å². The van der Waals surface area contributed by atoms with Gasteiger partial charge in [0.2, 0.25) is 0 Å². The second-order valence-electron chi connectivity index (χ2n) is 7.42. The molecule has 4 rings (SSSR count). The van der Waals surface area contributed by atoms with E-state index in [1.807, 2.05) is 6.07 Å². The Kier molecular flexibility index (Phi) is 7.41. The maximum atomic E-state index is 5.06. The van der Waals surface area contributed by atoms with Gasteiger partial charge in [0.15, 0.2) is 5.11 Å². The van der Waals surface area contributed by atoms with Crippen molar-refractivity contribution >= 4 is 34.7 Å². The molecule has 0 radical (unpaired) electrons. The number of nitrogens with one attached hydrogen (secondary N) is 2. The number of thiocarbonyl (C=S) groups is 1. The zero-order valence-corrected chi connectivity index (χ0v) is 19.2. The molecule has 4 aromatic rings. The van der Waals surface area contributed by atoms with Crippen LogP contribution in [0.25, 0.3) is 11.1 Å². The Morgan fingerprint density at radius 2 is 1.00 bits per heavy atom. The molecular formula is C29H25N3S. The molecule has 0 aliphatic heterocycles. The van der Waals surface area contributed by atoms with E-state index < -0.39 is 0 Å². The van der Waals surface area contributed by atoms with E-state index in [1.54, 1.807) is 13.3 Å². The lowest BCUT2D eigenvalue weighted by molar-refractivity contribution is 0.982. The average Bonchev–Trinajstić information content (AvgIpc) is 2.89. The lowest BCUT2D eigenvalue weighted by Crippen LogP contribution is -2.28. The number of hydrogen-bond acceptors (Lipinski definition) is 2. The zero-order chi connectivity index (χ0) is 22.9. The molecule has 0 spiro atoms. The van der Waals surface area contributed by atoms with Gasteiger partial charge in [0.1, 0.15) is 0 Å². The Balaban J connectivity index is 1.86. The monoisotopic (exact) mass is 447 g/mol. The van der Waals surface area contributed by atoms with Crippen LogP contribution in [0.4, 0.5) is 0 Å². The highest BCUT2D eigenvalue weighted by Crippen LogP contribution is 2.36. The molecule has 3 nitrogen and oxygen atoms in total. The van der Waals surface area contributed by atoms with Crippen molar-refractivity contribution in [3.8, 4) is 0 Å². The fourth-order valence-electron chi connectivity index (χ4n) is 3.68. The van der Waals surface area contributed by atoms with Crippen molar-refractivity contribution in [2.45, 2.75) is 0 Å². The standard InChI is InChI=1S/C29H25N3S/c1-30-29(33)32-31-21-22-17-19-26(20-18-22)28(25-15-9-4-10-16-25)27(23-11-5-2-6-12-23)24-13-7-3-8-14-24/h2-21H,1H3,(H2,30,32,33)/b31-21+. The van der Waals surface area contributed by atoms with Crippen LogP contribution in [0.1, 0.15) is 27.8 Å². The third kappa shape index (κ3) is 5.62. The summed E-state index contributed by atoms with van der Waals surface area (Å²) in [4.78, 5) is 0. The summed E-state index contributed by atoms with van der Waals surface area (Å²) in [7, 11) is 1.76. The summed E-state index contributed by atoms with van der Waals surface area (Å²) < 4.78 is 0. The fraction of sp³-hybridized carbons (Fsp3) is 0.0345. The van der Waals surface area contributed by atoms with Crippen LogP contribution in [0, 0.1) is 0 Å². The number of hydrogen-bond donors (Lipinski definition) is 2. The Hall–Kier alpha value is -4.02. The predicted octanol–water partition coefficient (Wildman–Crippen LogP) is 6.12.